The maximum absolute atomic E-state index is 13.1. The Hall–Kier alpha value is -3.39. The number of aliphatic hydroxyl groups is 1. The van der Waals surface area contributed by atoms with Crippen molar-refractivity contribution in [3.8, 4) is 11.1 Å². The van der Waals surface area contributed by atoms with Crippen LogP contribution in [0.4, 0.5) is 4.79 Å². The molecule has 3 N–H and O–H groups in total. The molecule has 8 nitrogen and oxygen atoms in total. The Morgan fingerprint density at radius 3 is 2.31 bits per heavy atom. The highest BCUT2D eigenvalue weighted by molar-refractivity contribution is 5.86. The quantitative estimate of drug-likeness (QED) is 0.588. The molecule has 1 saturated carbocycles. The summed E-state index contributed by atoms with van der Waals surface area (Å²) in [5, 5.41) is 22.1. The van der Waals surface area contributed by atoms with Crippen molar-refractivity contribution in [1.29, 1.82) is 0 Å². The third kappa shape index (κ3) is 4.50. The number of fused-ring (bicyclic) bond motifs is 3. The molecule has 2 aromatic rings. The highest BCUT2D eigenvalue weighted by Gasteiger charge is 2.44. The summed E-state index contributed by atoms with van der Waals surface area (Å²) in [5.41, 5.74) is 4.61. The minimum absolute atomic E-state index is 0.0245. The van der Waals surface area contributed by atoms with E-state index in [0.29, 0.717) is 13.0 Å². The lowest BCUT2D eigenvalue weighted by molar-refractivity contribution is -0.150. The van der Waals surface area contributed by atoms with Crippen LogP contribution in [0.3, 0.4) is 0 Å². The maximum atomic E-state index is 13.1. The van der Waals surface area contributed by atoms with Gasteiger partial charge >= 0.3 is 12.1 Å². The summed E-state index contributed by atoms with van der Waals surface area (Å²) in [5.74, 6) is -1.82. The zero-order valence-electron chi connectivity index (χ0n) is 19.4. The molecule has 184 valence electrons. The standard InChI is InChI=1S/C27H30N2O6/c30-17-12-24(26(32)33)29(14-17)25(31)18-11-5-6-16(18)13-28-27(34)35-15-23-21-9-3-1-7-19(21)20-8-2-4-10-22(20)23/h1-4,7-10,16-18,23-24,30H,5-6,11-15H2,(H,28,34)(H,32,33)/t16-,17+,18-,24-/m0/s1. The molecule has 2 aromatic carbocycles. The van der Waals surface area contributed by atoms with Gasteiger partial charge in [-0.15, -0.1) is 0 Å². The van der Waals surface area contributed by atoms with Gasteiger partial charge < -0.3 is 25.2 Å². The van der Waals surface area contributed by atoms with Crippen LogP contribution in [-0.4, -0.2) is 64.9 Å². The van der Waals surface area contributed by atoms with E-state index in [9.17, 15) is 24.6 Å². The largest absolute Gasteiger partial charge is 0.480 e. The number of β-amino-alcohol motifs (C(OH)–C–C–N with tert-alkyl or cyclic N) is 1. The molecular weight excluding hydrogens is 448 g/mol. The number of hydrogen-bond donors (Lipinski definition) is 3. The molecular formula is C27H30N2O6. The first-order valence-electron chi connectivity index (χ1n) is 12.2. The third-order valence-corrected chi connectivity index (χ3v) is 7.68. The number of alkyl carbamates (subject to hydrolysis) is 1. The van der Waals surface area contributed by atoms with Crippen LogP contribution >= 0.6 is 0 Å². The number of carbonyl (C=O) groups excluding carboxylic acids is 2. The smallest absolute Gasteiger partial charge is 0.407 e. The van der Waals surface area contributed by atoms with Gasteiger partial charge in [-0.3, -0.25) is 4.79 Å². The van der Waals surface area contributed by atoms with Crippen molar-refractivity contribution in [2.75, 3.05) is 19.7 Å². The average Bonchev–Trinajstić information content (AvgIpc) is 3.57. The Labute approximate surface area is 203 Å². The fourth-order valence-electron chi connectivity index (χ4n) is 5.97. The monoisotopic (exact) mass is 478 g/mol. The van der Waals surface area contributed by atoms with Crippen molar-refractivity contribution < 1.29 is 29.3 Å². The molecule has 1 heterocycles. The molecule has 5 rings (SSSR count). The molecule has 2 aliphatic carbocycles. The number of rotatable bonds is 6. The number of hydrogen-bond acceptors (Lipinski definition) is 5. The Morgan fingerprint density at radius 2 is 1.66 bits per heavy atom. The number of aliphatic hydroxyl groups excluding tert-OH is 1. The minimum Gasteiger partial charge on any atom is -0.480 e. The van der Waals surface area contributed by atoms with Crippen LogP contribution in [0, 0.1) is 11.8 Å². The molecule has 2 fully saturated rings. The second-order valence-corrected chi connectivity index (χ2v) is 9.74. The fourth-order valence-corrected chi connectivity index (χ4v) is 5.97. The first-order chi connectivity index (χ1) is 16.9. The average molecular weight is 479 g/mol. The van der Waals surface area contributed by atoms with E-state index >= 15 is 0 Å². The second kappa shape index (κ2) is 9.70. The summed E-state index contributed by atoms with van der Waals surface area (Å²) in [4.78, 5) is 38.5. The van der Waals surface area contributed by atoms with Crippen LogP contribution in [0.2, 0.25) is 0 Å². The number of aliphatic carboxylic acids is 1. The summed E-state index contributed by atoms with van der Waals surface area (Å²) in [6.45, 7) is 0.554. The number of likely N-dealkylation sites (tertiary alicyclic amines) is 1. The predicted octanol–water partition coefficient (Wildman–Crippen LogP) is 2.99. The van der Waals surface area contributed by atoms with Crippen molar-refractivity contribution in [3.05, 3.63) is 59.7 Å². The van der Waals surface area contributed by atoms with Crippen LogP contribution < -0.4 is 5.32 Å². The van der Waals surface area contributed by atoms with Crippen molar-refractivity contribution >= 4 is 18.0 Å². The highest BCUT2D eigenvalue weighted by atomic mass is 16.5. The van der Waals surface area contributed by atoms with E-state index in [2.05, 4.69) is 29.6 Å². The molecule has 3 aliphatic rings. The van der Waals surface area contributed by atoms with E-state index in [1.165, 1.54) is 4.90 Å². The number of benzene rings is 2. The number of amides is 2. The molecule has 0 spiro atoms. The SMILES string of the molecule is O=C(NC[C@@H]1CCC[C@@H]1C(=O)N1C[C@H](O)C[C@H]1C(=O)O)OCC1c2ccccc2-c2ccccc21. The van der Waals surface area contributed by atoms with E-state index in [4.69, 9.17) is 4.74 Å². The number of nitrogens with zero attached hydrogens (tertiary/aromatic N) is 1. The van der Waals surface area contributed by atoms with Crippen molar-refractivity contribution in [2.24, 2.45) is 11.8 Å². The third-order valence-electron chi connectivity index (χ3n) is 7.68. The van der Waals surface area contributed by atoms with Gasteiger partial charge in [0.25, 0.3) is 0 Å². The number of carboxylic acids is 1. The number of carbonyl (C=O) groups is 3. The predicted molar refractivity (Wildman–Crippen MR) is 128 cm³/mol. The zero-order valence-corrected chi connectivity index (χ0v) is 19.4. The Kier molecular flexibility index (Phi) is 6.47. The molecule has 8 heteroatoms. The van der Waals surface area contributed by atoms with Gasteiger partial charge in [0.2, 0.25) is 5.91 Å². The Bertz CT molecular complexity index is 1090. The number of carboxylic acid groups (broad SMARTS) is 1. The molecule has 0 radical (unpaired) electrons. The lowest BCUT2D eigenvalue weighted by atomic mass is 9.94. The van der Waals surface area contributed by atoms with Crippen LogP contribution in [0.5, 0.6) is 0 Å². The van der Waals surface area contributed by atoms with Gasteiger partial charge in [-0.05, 0) is 41.0 Å². The summed E-state index contributed by atoms with van der Waals surface area (Å²) >= 11 is 0. The van der Waals surface area contributed by atoms with Crippen molar-refractivity contribution in [1.82, 2.24) is 10.2 Å². The fraction of sp³-hybridized carbons (Fsp3) is 0.444. The second-order valence-electron chi connectivity index (χ2n) is 9.74. The minimum atomic E-state index is -1.10. The van der Waals surface area contributed by atoms with Gasteiger partial charge in [-0.1, -0.05) is 55.0 Å². The van der Waals surface area contributed by atoms with Gasteiger partial charge in [0, 0.05) is 31.3 Å². The molecule has 0 bridgehead atoms. The Balaban J connectivity index is 1.17. The highest BCUT2D eigenvalue weighted by Crippen LogP contribution is 2.44. The lowest BCUT2D eigenvalue weighted by Gasteiger charge is -2.27. The molecule has 1 saturated heterocycles. The van der Waals surface area contributed by atoms with E-state index in [0.717, 1.165) is 35.1 Å². The molecule has 1 aliphatic heterocycles. The van der Waals surface area contributed by atoms with Crippen molar-refractivity contribution in [3.63, 3.8) is 0 Å². The lowest BCUT2D eigenvalue weighted by Crippen LogP contribution is -2.45. The van der Waals surface area contributed by atoms with Crippen LogP contribution in [0.15, 0.2) is 48.5 Å². The summed E-state index contributed by atoms with van der Waals surface area (Å²) < 4.78 is 5.60. The number of ether oxygens (including phenoxy) is 1. The van der Waals surface area contributed by atoms with Gasteiger partial charge in [0.05, 0.1) is 6.10 Å². The molecule has 35 heavy (non-hydrogen) atoms. The van der Waals surface area contributed by atoms with Gasteiger partial charge in [0.15, 0.2) is 0 Å². The summed E-state index contributed by atoms with van der Waals surface area (Å²) in [6, 6.07) is 15.3. The molecule has 0 aromatic heterocycles. The van der Waals surface area contributed by atoms with E-state index in [1.807, 2.05) is 24.3 Å². The van der Waals surface area contributed by atoms with Crippen LogP contribution in [-0.2, 0) is 14.3 Å². The van der Waals surface area contributed by atoms with E-state index < -0.39 is 24.2 Å². The van der Waals surface area contributed by atoms with E-state index in [-0.39, 0.29) is 43.2 Å². The van der Waals surface area contributed by atoms with Gasteiger partial charge in [-0.25, -0.2) is 9.59 Å². The van der Waals surface area contributed by atoms with Gasteiger partial charge in [0.1, 0.15) is 12.6 Å². The van der Waals surface area contributed by atoms with Crippen molar-refractivity contribution in [2.45, 2.75) is 43.7 Å². The van der Waals surface area contributed by atoms with E-state index in [1.54, 1.807) is 0 Å². The normalized spacial score (nSPS) is 25.2. The summed E-state index contributed by atoms with van der Waals surface area (Å²) in [7, 11) is 0. The maximum Gasteiger partial charge on any atom is 0.407 e. The summed E-state index contributed by atoms with van der Waals surface area (Å²) in [6.07, 6.45) is 0.963. The first kappa shape index (κ1) is 23.4. The first-order valence-corrected chi connectivity index (χ1v) is 12.2. The zero-order chi connectivity index (χ0) is 24.5. The molecule has 2 amide bonds. The topological polar surface area (TPSA) is 116 Å². The van der Waals surface area contributed by atoms with Gasteiger partial charge in [-0.2, -0.15) is 0 Å². The van der Waals surface area contributed by atoms with Crippen LogP contribution in [0.25, 0.3) is 11.1 Å². The molecule has 4 atom stereocenters. The molecule has 0 unspecified atom stereocenters. The van der Waals surface area contributed by atoms with Crippen LogP contribution in [0.1, 0.15) is 42.7 Å². The number of nitrogens with one attached hydrogen (secondary N) is 1. The Morgan fingerprint density at radius 1 is 1.00 bits per heavy atom.